The lowest BCUT2D eigenvalue weighted by Crippen LogP contribution is -2.36. The van der Waals surface area contributed by atoms with E-state index in [1.54, 1.807) is 0 Å². The van der Waals surface area contributed by atoms with Crippen LogP contribution >= 0.6 is 0 Å². The molecule has 0 bridgehead atoms. The fourth-order valence-electron chi connectivity index (χ4n) is 10.5. The van der Waals surface area contributed by atoms with Crippen molar-refractivity contribution in [3.63, 3.8) is 0 Å². The number of nitrogens with zero attached hydrogens (tertiary/aromatic N) is 6. The molecule has 20 nitrogen and oxygen atoms in total. The molecular weight excluding hydrogens is 1180 g/mol. The number of carbonyl (C=O) groups is 4. The number of pyridine rings is 2. The van der Waals surface area contributed by atoms with Gasteiger partial charge in [-0.2, -0.15) is 9.13 Å². The Bertz CT molecular complexity index is 3030. The van der Waals surface area contributed by atoms with E-state index >= 15 is 0 Å². The van der Waals surface area contributed by atoms with Gasteiger partial charge in [0.2, 0.25) is 45.7 Å². The zero-order chi connectivity index (χ0) is 67.0. The summed E-state index contributed by atoms with van der Waals surface area (Å²) < 4.78 is 38.1. The van der Waals surface area contributed by atoms with Crippen LogP contribution in [0.25, 0.3) is 43.6 Å². The van der Waals surface area contributed by atoms with E-state index in [9.17, 15) is 19.2 Å². The third-order valence-corrected chi connectivity index (χ3v) is 15.9. The van der Waals surface area contributed by atoms with Crippen LogP contribution in [0.5, 0.6) is 0 Å². The van der Waals surface area contributed by atoms with Crippen LogP contribution in [0.3, 0.4) is 0 Å². The highest BCUT2D eigenvalue weighted by Crippen LogP contribution is 2.28. The van der Waals surface area contributed by atoms with Gasteiger partial charge in [0.05, 0.1) is 52.9 Å². The number of anilines is 4. The molecule has 514 valence electrons. The molecule has 20 heteroatoms. The predicted molar refractivity (Wildman–Crippen MR) is 378 cm³/mol. The molecule has 0 aliphatic carbocycles. The van der Waals surface area contributed by atoms with Crippen LogP contribution in [0.4, 0.5) is 22.7 Å². The van der Waals surface area contributed by atoms with E-state index in [2.05, 4.69) is 191 Å². The molecule has 6 aromatic rings. The van der Waals surface area contributed by atoms with E-state index in [1.165, 1.54) is 66.4 Å². The second kappa shape index (κ2) is 44.6. The van der Waals surface area contributed by atoms with Crippen LogP contribution in [0.15, 0.2) is 84.9 Å². The molecule has 6 rings (SSSR count). The van der Waals surface area contributed by atoms with Crippen LogP contribution < -0.4 is 50.0 Å². The Kier molecular flexibility index (Phi) is 36.8. The number of fused-ring (bicyclic) bond motifs is 4. The monoisotopic (exact) mass is 1290 g/mol. The maximum atomic E-state index is 12.4. The van der Waals surface area contributed by atoms with Gasteiger partial charge in [-0.3, -0.25) is 19.2 Å². The van der Waals surface area contributed by atoms with Gasteiger partial charge in [0.15, 0.2) is 0 Å². The van der Waals surface area contributed by atoms with Crippen molar-refractivity contribution in [1.82, 2.24) is 21.3 Å². The average molecular weight is 1290 g/mol. The number of hydrogen-bond acceptors (Lipinski definition) is 14. The van der Waals surface area contributed by atoms with E-state index in [-0.39, 0.29) is 23.6 Å². The summed E-state index contributed by atoms with van der Waals surface area (Å²) in [4.78, 5) is 55.9. The minimum atomic E-state index is 0.0663. The van der Waals surface area contributed by atoms with Crippen molar-refractivity contribution in [1.29, 1.82) is 0 Å². The lowest BCUT2D eigenvalue weighted by atomic mass is 10.1. The van der Waals surface area contributed by atoms with Gasteiger partial charge in [-0.25, -0.2) is 0 Å². The third kappa shape index (κ3) is 29.1. The SMILES string of the molecule is CCC(=O)NCCCOCCOCCOCCCNC(=O)CCCCC[n+]1c2cc(N(C)C)ccc2cc2ccc(N(C)C)cc21.CCCC(=O)NCCCOCCOCCOCCCNC(=O)CCCCC[n+]1c2cc(N(C)C)ccc2cc2ccc(N(C)C)cc21. The van der Waals surface area contributed by atoms with Crippen molar-refractivity contribution in [3.05, 3.63) is 84.9 Å². The molecule has 0 aliphatic rings. The standard InChI is InChI=1S/C37H57N5O5.C36H55N5O5/c1-6-12-36(43)38-18-10-21-45-23-25-47-26-24-46-22-11-19-39-37(44)13-8-7-9-20-42-34-28-32(40(2)3)16-14-30(34)27-31-15-17-33(41(4)5)29-35(31)42;1-6-35(42)37-17-10-20-44-22-24-46-25-23-45-21-11-18-38-36(43)12-8-7-9-19-41-33-27-31(39(2)3)15-13-29(33)26-30-14-16-32(40(4)5)28-34(30)41/h14-17,27-29H,6-13,18-26H2,1-5H3,(H-,38,39,43,44);13-16,26-28H,6-12,17-25H2,1-5H3,(H-,37,38,42,43)/p+2. The molecule has 4 N–H and O–H groups in total. The zero-order valence-corrected chi connectivity index (χ0v) is 58.2. The van der Waals surface area contributed by atoms with Gasteiger partial charge < -0.3 is 69.3 Å². The van der Waals surface area contributed by atoms with Crippen LogP contribution in [-0.4, -0.2) is 185 Å². The molecule has 0 radical (unpaired) electrons. The van der Waals surface area contributed by atoms with Crippen molar-refractivity contribution in [2.24, 2.45) is 0 Å². The molecule has 2 heterocycles. The first-order valence-electron chi connectivity index (χ1n) is 34.1. The van der Waals surface area contributed by atoms with Crippen molar-refractivity contribution in [3.8, 4) is 0 Å². The van der Waals surface area contributed by atoms with Gasteiger partial charge in [-0.1, -0.05) is 13.8 Å². The summed E-state index contributed by atoms with van der Waals surface area (Å²) in [7, 11) is 16.6. The normalized spacial score (nSPS) is 11.2. The summed E-state index contributed by atoms with van der Waals surface area (Å²) in [6.07, 6.45) is 11.9. The molecule has 0 fully saturated rings. The fraction of sp³-hybridized carbons (Fsp3) is 0.589. The number of hydrogen-bond donors (Lipinski definition) is 4. The second-order valence-corrected chi connectivity index (χ2v) is 24.4. The van der Waals surface area contributed by atoms with Gasteiger partial charge in [-0.05, 0) is 118 Å². The maximum absolute atomic E-state index is 12.4. The van der Waals surface area contributed by atoms with E-state index in [1.807, 2.05) is 13.8 Å². The number of aryl methyl sites for hydroxylation is 2. The van der Waals surface area contributed by atoms with Gasteiger partial charge in [0.1, 0.15) is 13.1 Å². The van der Waals surface area contributed by atoms with Crippen LogP contribution in [-0.2, 0) is 60.7 Å². The minimum Gasteiger partial charge on any atom is -0.379 e. The Morgan fingerprint density at radius 3 is 0.860 bits per heavy atom. The van der Waals surface area contributed by atoms with Gasteiger partial charge in [0, 0.05) is 216 Å². The molecule has 93 heavy (non-hydrogen) atoms. The topological polar surface area (TPSA) is 192 Å². The molecule has 2 aromatic heterocycles. The molecular formula is C73H114N10O10+2. The number of benzene rings is 4. The van der Waals surface area contributed by atoms with E-state index in [0.29, 0.717) is 131 Å². The number of carbonyl (C=O) groups excluding carboxylic acids is 4. The van der Waals surface area contributed by atoms with E-state index in [0.717, 1.165) is 83.7 Å². The molecule has 0 saturated heterocycles. The quantitative estimate of drug-likeness (QED) is 0.0161. The van der Waals surface area contributed by atoms with Crippen LogP contribution in [0.2, 0.25) is 0 Å². The first kappa shape index (κ1) is 76.8. The third-order valence-electron chi connectivity index (χ3n) is 15.9. The summed E-state index contributed by atoms with van der Waals surface area (Å²) in [5.41, 5.74) is 9.67. The minimum absolute atomic E-state index is 0.0663. The number of aromatic nitrogens is 2. The summed E-state index contributed by atoms with van der Waals surface area (Å²) in [5.74, 6) is 0.373. The van der Waals surface area contributed by atoms with E-state index < -0.39 is 0 Å². The first-order valence-corrected chi connectivity index (χ1v) is 34.1. The lowest BCUT2D eigenvalue weighted by Gasteiger charge is -2.15. The Morgan fingerprint density at radius 1 is 0.323 bits per heavy atom. The second-order valence-electron chi connectivity index (χ2n) is 24.4. The number of amides is 4. The van der Waals surface area contributed by atoms with Gasteiger partial charge in [0.25, 0.3) is 0 Å². The van der Waals surface area contributed by atoms with Gasteiger partial charge in [-0.15, -0.1) is 0 Å². The van der Waals surface area contributed by atoms with Gasteiger partial charge >= 0.3 is 0 Å². The predicted octanol–water partition coefficient (Wildman–Crippen LogP) is 9.28. The Hall–Kier alpha value is -6.94. The average Bonchev–Trinajstić information content (AvgIpc) is 0.777. The Balaban J connectivity index is 0.000000337. The highest BCUT2D eigenvalue weighted by atomic mass is 16.5. The molecule has 0 aliphatic heterocycles. The number of rotatable bonds is 47. The zero-order valence-electron chi connectivity index (χ0n) is 58.2. The van der Waals surface area contributed by atoms with E-state index in [4.69, 9.17) is 28.4 Å². The van der Waals surface area contributed by atoms with Crippen molar-refractivity contribution in [2.75, 3.05) is 181 Å². The fourth-order valence-corrected chi connectivity index (χ4v) is 10.5. The summed E-state index contributed by atoms with van der Waals surface area (Å²) in [6.45, 7) is 14.7. The number of nitrogens with one attached hydrogen (secondary N) is 4. The summed E-state index contributed by atoms with van der Waals surface area (Å²) >= 11 is 0. The van der Waals surface area contributed by atoms with Crippen molar-refractivity contribution >= 4 is 90.0 Å². The molecule has 0 spiro atoms. The highest BCUT2D eigenvalue weighted by Gasteiger charge is 2.20. The van der Waals surface area contributed by atoms with Crippen molar-refractivity contribution < 1.29 is 56.7 Å². The first-order chi connectivity index (χ1) is 45.1. The van der Waals surface area contributed by atoms with Crippen molar-refractivity contribution in [2.45, 2.75) is 123 Å². The molecule has 4 aromatic carbocycles. The lowest BCUT2D eigenvalue weighted by molar-refractivity contribution is -0.646. The molecule has 0 unspecified atom stereocenters. The largest absolute Gasteiger partial charge is 0.379 e. The molecule has 4 amide bonds. The van der Waals surface area contributed by atoms with Crippen LogP contribution in [0, 0.1) is 0 Å². The maximum Gasteiger partial charge on any atom is 0.219 e. The number of unbranched alkanes of at least 4 members (excludes halogenated alkanes) is 4. The molecule has 0 saturated carbocycles. The Labute approximate surface area is 555 Å². The summed E-state index contributed by atoms with van der Waals surface area (Å²) in [6, 6.07) is 31.2. The molecule has 0 atom stereocenters. The summed E-state index contributed by atoms with van der Waals surface area (Å²) in [5, 5.41) is 16.7. The smallest absolute Gasteiger partial charge is 0.219 e. The number of ether oxygens (including phenoxy) is 6. The van der Waals surface area contributed by atoms with Crippen LogP contribution in [0.1, 0.15) is 110 Å². The Morgan fingerprint density at radius 2 is 0.591 bits per heavy atom. The highest BCUT2D eigenvalue weighted by molar-refractivity contribution is 5.93.